The third-order valence-corrected chi connectivity index (χ3v) is 5.27. The molecule has 4 aromatic rings. The Labute approximate surface area is 197 Å². The fourth-order valence-corrected chi connectivity index (χ4v) is 3.65. The van der Waals surface area contributed by atoms with Crippen molar-refractivity contribution < 1.29 is 9.13 Å². The quantitative estimate of drug-likeness (QED) is 0.417. The van der Waals surface area contributed by atoms with Gasteiger partial charge in [0.2, 0.25) is 0 Å². The molecule has 2 aromatic heterocycles. The first kappa shape index (κ1) is 23.0. The third-order valence-electron chi connectivity index (χ3n) is 5.27. The highest BCUT2D eigenvalue weighted by Gasteiger charge is 2.11. The number of halogens is 1. The first-order chi connectivity index (χ1) is 16.6. The number of pyridine rings is 1. The van der Waals surface area contributed by atoms with Crippen LogP contribution in [0.15, 0.2) is 66.9 Å². The summed E-state index contributed by atoms with van der Waals surface area (Å²) in [5, 5.41) is 9.34. The van der Waals surface area contributed by atoms with E-state index < -0.39 is 0 Å². The minimum atomic E-state index is -0.311. The predicted octanol–water partition coefficient (Wildman–Crippen LogP) is 4.65. The lowest BCUT2D eigenvalue weighted by atomic mass is 10.0. The molecular weight excluding hydrogens is 429 g/mol. The minimum absolute atomic E-state index is 0.311. The third kappa shape index (κ3) is 5.61. The molecule has 0 aliphatic rings. The van der Waals surface area contributed by atoms with E-state index in [4.69, 9.17) is 10.5 Å². The summed E-state index contributed by atoms with van der Waals surface area (Å²) in [5.74, 6) is 0.894. The predicted molar refractivity (Wildman–Crippen MR) is 129 cm³/mol. The number of hydrogen-bond acceptors (Lipinski definition) is 6. The van der Waals surface area contributed by atoms with Crippen molar-refractivity contribution in [1.29, 1.82) is 5.26 Å². The van der Waals surface area contributed by atoms with E-state index in [1.807, 2.05) is 37.3 Å². The van der Waals surface area contributed by atoms with Crippen molar-refractivity contribution in [2.45, 2.75) is 19.8 Å². The lowest BCUT2D eigenvalue weighted by Crippen LogP contribution is -2.06. The van der Waals surface area contributed by atoms with E-state index in [9.17, 15) is 9.65 Å². The smallest absolute Gasteiger partial charge is 0.128 e. The van der Waals surface area contributed by atoms with Crippen LogP contribution in [0.25, 0.3) is 22.4 Å². The first-order valence-corrected chi connectivity index (χ1v) is 11.0. The molecule has 0 bridgehead atoms. The van der Waals surface area contributed by atoms with Gasteiger partial charge in [0.1, 0.15) is 17.4 Å². The Hall–Kier alpha value is -4.15. The molecule has 0 saturated carbocycles. The van der Waals surface area contributed by atoms with Crippen LogP contribution in [0.4, 0.5) is 4.39 Å². The molecule has 6 nitrogen and oxygen atoms in total. The number of aryl methyl sites for hydroxylation is 1. The highest BCUT2D eigenvalue weighted by molar-refractivity contribution is 5.71. The Balaban J connectivity index is 1.53. The van der Waals surface area contributed by atoms with Gasteiger partial charge >= 0.3 is 0 Å². The van der Waals surface area contributed by atoms with Gasteiger partial charge in [-0.25, -0.2) is 14.4 Å². The molecule has 7 heteroatoms. The Bertz CT molecular complexity index is 1330. The molecule has 0 saturated heterocycles. The van der Waals surface area contributed by atoms with Crippen molar-refractivity contribution >= 4 is 0 Å². The number of aromatic nitrogens is 3. The number of hydrogen-bond donors (Lipinski definition) is 1. The number of nitrogens with zero attached hydrogens (tertiary/aromatic N) is 4. The summed E-state index contributed by atoms with van der Waals surface area (Å²) >= 11 is 0. The number of ether oxygens (including phenoxy) is 1. The molecule has 0 unspecified atom stereocenters. The largest absolute Gasteiger partial charge is 0.492 e. The zero-order valence-corrected chi connectivity index (χ0v) is 18.8. The average Bonchev–Trinajstić information content (AvgIpc) is 2.84. The Morgan fingerprint density at radius 3 is 2.59 bits per heavy atom. The van der Waals surface area contributed by atoms with Crippen molar-refractivity contribution in [2.75, 3.05) is 13.2 Å². The van der Waals surface area contributed by atoms with Crippen LogP contribution in [-0.4, -0.2) is 28.1 Å². The normalized spacial score (nSPS) is 10.6. The molecule has 0 aliphatic carbocycles. The van der Waals surface area contributed by atoms with Crippen LogP contribution in [0.5, 0.6) is 5.75 Å². The molecule has 0 atom stereocenters. The number of nitriles is 1. The lowest BCUT2D eigenvalue weighted by molar-refractivity contribution is 0.321. The van der Waals surface area contributed by atoms with Gasteiger partial charge in [-0.05, 0) is 55.9 Å². The zero-order chi connectivity index (χ0) is 23.9. The maximum atomic E-state index is 13.6. The van der Waals surface area contributed by atoms with Gasteiger partial charge in [0, 0.05) is 47.1 Å². The number of nitrogens with two attached hydrogens (primary N) is 1. The fourth-order valence-electron chi connectivity index (χ4n) is 3.65. The first-order valence-electron chi connectivity index (χ1n) is 11.0. The second-order valence-electron chi connectivity index (χ2n) is 7.80. The Kier molecular flexibility index (Phi) is 7.21. The van der Waals surface area contributed by atoms with Crippen molar-refractivity contribution in [2.24, 2.45) is 5.73 Å². The van der Waals surface area contributed by atoms with Gasteiger partial charge in [0.05, 0.1) is 23.9 Å². The Morgan fingerprint density at radius 2 is 1.85 bits per heavy atom. The molecule has 170 valence electrons. The van der Waals surface area contributed by atoms with Gasteiger partial charge in [0.15, 0.2) is 0 Å². The molecule has 34 heavy (non-hydrogen) atoms. The summed E-state index contributed by atoms with van der Waals surface area (Å²) in [7, 11) is 0. The average molecular weight is 454 g/mol. The lowest BCUT2D eigenvalue weighted by Gasteiger charge is -2.13. The van der Waals surface area contributed by atoms with E-state index in [0.717, 1.165) is 22.5 Å². The molecule has 2 N–H and O–H groups in total. The number of benzene rings is 2. The van der Waals surface area contributed by atoms with Crippen molar-refractivity contribution in [3.05, 3.63) is 95.5 Å². The maximum absolute atomic E-state index is 13.6. The Morgan fingerprint density at radius 1 is 0.971 bits per heavy atom. The zero-order valence-electron chi connectivity index (χ0n) is 18.8. The standard InChI is InChI=1S/C27H24FN5O/c1-18-32-24(15-26(33-18)20-3-2-4-22(28)14-20)10-12-34-27-13-19(16-30)5-8-25(27)21-6-7-23(9-11-29)31-17-21/h2-8,13-15,17H,9-12,29H2,1H3. The molecule has 4 rings (SSSR count). The van der Waals surface area contributed by atoms with E-state index in [2.05, 4.69) is 21.0 Å². The van der Waals surface area contributed by atoms with Crippen molar-refractivity contribution in [3.8, 4) is 34.2 Å². The highest BCUT2D eigenvalue weighted by atomic mass is 19.1. The summed E-state index contributed by atoms with van der Waals surface area (Å²) in [4.78, 5) is 13.4. The molecule has 2 aromatic carbocycles. The van der Waals surface area contributed by atoms with Crippen molar-refractivity contribution in [1.82, 2.24) is 15.0 Å². The van der Waals surface area contributed by atoms with E-state index in [-0.39, 0.29) is 5.82 Å². The molecule has 0 radical (unpaired) electrons. The monoisotopic (exact) mass is 453 g/mol. The van der Waals surface area contributed by atoms with Gasteiger partial charge in [-0.15, -0.1) is 0 Å². The van der Waals surface area contributed by atoms with Crippen LogP contribution in [0.2, 0.25) is 0 Å². The molecule has 0 aliphatic heterocycles. The van der Waals surface area contributed by atoms with Crippen LogP contribution < -0.4 is 10.5 Å². The van der Waals surface area contributed by atoms with Crippen LogP contribution in [0, 0.1) is 24.1 Å². The second kappa shape index (κ2) is 10.6. The second-order valence-corrected chi connectivity index (χ2v) is 7.80. The van der Waals surface area contributed by atoms with E-state index >= 15 is 0 Å². The van der Waals surface area contributed by atoms with E-state index in [1.165, 1.54) is 12.1 Å². The maximum Gasteiger partial charge on any atom is 0.128 e. The summed E-state index contributed by atoms with van der Waals surface area (Å²) < 4.78 is 19.7. The van der Waals surface area contributed by atoms with Crippen LogP contribution in [0.3, 0.4) is 0 Å². The van der Waals surface area contributed by atoms with Crippen LogP contribution in [-0.2, 0) is 12.8 Å². The molecule has 0 fully saturated rings. The van der Waals surface area contributed by atoms with E-state index in [0.29, 0.717) is 54.4 Å². The van der Waals surface area contributed by atoms with Crippen LogP contribution >= 0.6 is 0 Å². The molecule has 2 heterocycles. The van der Waals surface area contributed by atoms with Crippen LogP contribution in [0.1, 0.15) is 22.8 Å². The van der Waals surface area contributed by atoms with Gasteiger partial charge in [-0.1, -0.05) is 18.2 Å². The fraction of sp³-hybridized carbons (Fsp3) is 0.185. The molecular formula is C27H24FN5O. The summed E-state index contributed by atoms with van der Waals surface area (Å²) in [6, 6.07) is 19.6. The number of rotatable bonds is 8. The van der Waals surface area contributed by atoms with Gasteiger partial charge in [0.25, 0.3) is 0 Å². The minimum Gasteiger partial charge on any atom is -0.492 e. The highest BCUT2D eigenvalue weighted by Crippen LogP contribution is 2.31. The summed E-state index contributed by atoms with van der Waals surface area (Å²) in [5.41, 5.74) is 10.9. The van der Waals surface area contributed by atoms with Gasteiger partial charge < -0.3 is 10.5 Å². The topological polar surface area (TPSA) is 97.7 Å². The molecule has 0 spiro atoms. The van der Waals surface area contributed by atoms with E-state index in [1.54, 1.807) is 24.4 Å². The summed E-state index contributed by atoms with van der Waals surface area (Å²) in [6.07, 6.45) is 3.03. The summed E-state index contributed by atoms with van der Waals surface area (Å²) in [6.45, 7) is 2.70. The van der Waals surface area contributed by atoms with Gasteiger partial charge in [-0.3, -0.25) is 4.98 Å². The van der Waals surface area contributed by atoms with Crippen molar-refractivity contribution in [3.63, 3.8) is 0 Å². The SMILES string of the molecule is Cc1nc(CCOc2cc(C#N)ccc2-c2ccc(CCN)nc2)cc(-c2cccc(F)c2)n1. The molecule has 0 amide bonds. The van der Waals surface area contributed by atoms with Gasteiger partial charge in [-0.2, -0.15) is 5.26 Å².